The van der Waals surface area contributed by atoms with Gasteiger partial charge in [-0.15, -0.1) is 0 Å². The quantitative estimate of drug-likeness (QED) is 0.653. The lowest BCUT2D eigenvalue weighted by molar-refractivity contribution is -0.157. The fourth-order valence-corrected chi connectivity index (χ4v) is 2.19. The van der Waals surface area contributed by atoms with Crippen molar-refractivity contribution >= 4 is 33.7 Å². The summed E-state index contributed by atoms with van der Waals surface area (Å²) in [7, 11) is 1.49. The molecule has 1 aliphatic rings. The monoisotopic (exact) mass is 412 g/mol. The number of nitrogens with zero attached hydrogens (tertiary/aromatic N) is 1. The zero-order valence-corrected chi connectivity index (χ0v) is 15.7. The molecule has 0 unspecified atom stereocenters. The van der Waals surface area contributed by atoms with E-state index in [2.05, 4.69) is 21.2 Å². The molecule has 2 amide bonds. The predicted molar refractivity (Wildman–Crippen MR) is 94.0 cm³/mol. The zero-order valence-electron chi connectivity index (χ0n) is 14.2. The van der Waals surface area contributed by atoms with Crippen LogP contribution in [0.25, 0.3) is 0 Å². The SMILES string of the molecule is C[C@@H](Oc1ccc(Br)cc1)C(=O)OCC(=O)N(C)CC(=O)NC1CC1. The van der Waals surface area contributed by atoms with Crippen molar-refractivity contribution in [3.8, 4) is 5.75 Å². The van der Waals surface area contributed by atoms with E-state index in [9.17, 15) is 14.4 Å². The Morgan fingerprint density at radius 1 is 1.28 bits per heavy atom. The van der Waals surface area contributed by atoms with Gasteiger partial charge in [-0.1, -0.05) is 15.9 Å². The summed E-state index contributed by atoms with van der Waals surface area (Å²) in [5.41, 5.74) is 0. The van der Waals surface area contributed by atoms with Crippen molar-refractivity contribution in [2.75, 3.05) is 20.2 Å². The summed E-state index contributed by atoms with van der Waals surface area (Å²) >= 11 is 3.31. The third kappa shape index (κ3) is 6.74. The minimum Gasteiger partial charge on any atom is -0.479 e. The van der Waals surface area contributed by atoms with E-state index in [4.69, 9.17) is 9.47 Å². The number of carbonyl (C=O) groups excluding carboxylic acids is 3. The molecule has 0 saturated heterocycles. The van der Waals surface area contributed by atoms with Gasteiger partial charge in [-0.3, -0.25) is 9.59 Å². The van der Waals surface area contributed by atoms with E-state index in [1.54, 1.807) is 31.2 Å². The molecule has 25 heavy (non-hydrogen) atoms. The molecule has 1 fully saturated rings. The number of likely N-dealkylation sites (N-methyl/N-ethyl adjacent to an activating group) is 1. The summed E-state index contributed by atoms with van der Waals surface area (Å²) in [6.07, 6.45) is 1.12. The first-order valence-electron chi connectivity index (χ1n) is 7.97. The van der Waals surface area contributed by atoms with Crippen molar-refractivity contribution in [1.29, 1.82) is 0 Å². The van der Waals surface area contributed by atoms with Crippen LogP contribution in [0.4, 0.5) is 0 Å². The summed E-state index contributed by atoms with van der Waals surface area (Å²) < 4.78 is 11.3. The fraction of sp³-hybridized carbons (Fsp3) is 0.471. The third-order valence-electron chi connectivity index (χ3n) is 3.55. The van der Waals surface area contributed by atoms with Crippen LogP contribution in [0.5, 0.6) is 5.75 Å². The van der Waals surface area contributed by atoms with Gasteiger partial charge in [0, 0.05) is 17.6 Å². The van der Waals surface area contributed by atoms with Gasteiger partial charge in [-0.05, 0) is 44.0 Å². The van der Waals surface area contributed by atoms with E-state index in [0.717, 1.165) is 17.3 Å². The molecule has 2 rings (SSSR count). The van der Waals surface area contributed by atoms with Gasteiger partial charge in [0.05, 0.1) is 6.54 Å². The second-order valence-electron chi connectivity index (χ2n) is 5.91. The molecule has 8 heteroatoms. The largest absolute Gasteiger partial charge is 0.479 e. The zero-order chi connectivity index (χ0) is 18.4. The highest BCUT2D eigenvalue weighted by Gasteiger charge is 2.25. The number of ether oxygens (including phenoxy) is 2. The molecule has 0 radical (unpaired) electrons. The van der Waals surface area contributed by atoms with Crippen LogP contribution in [0, 0.1) is 0 Å². The lowest BCUT2D eigenvalue weighted by atomic mass is 10.3. The van der Waals surface area contributed by atoms with Crippen molar-refractivity contribution < 1.29 is 23.9 Å². The number of hydrogen-bond donors (Lipinski definition) is 1. The highest BCUT2D eigenvalue weighted by molar-refractivity contribution is 9.10. The highest BCUT2D eigenvalue weighted by Crippen LogP contribution is 2.18. The first-order chi connectivity index (χ1) is 11.8. The van der Waals surface area contributed by atoms with E-state index >= 15 is 0 Å². The number of esters is 1. The smallest absolute Gasteiger partial charge is 0.347 e. The maximum absolute atomic E-state index is 11.9. The Kier molecular flexibility index (Phi) is 6.81. The molecule has 0 spiro atoms. The molecule has 0 heterocycles. The van der Waals surface area contributed by atoms with Crippen molar-refractivity contribution in [3.63, 3.8) is 0 Å². The summed E-state index contributed by atoms with van der Waals surface area (Å²) in [5.74, 6) is -0.785. The summed E-state index contributed by atoms with van der Waals surface area (Å²) in [4.78, 5) is 36.7. The second kappa shape index (κ2) is 8.84. The van der Waals surface area contributed by atoms with Gasteiger partial charge in [0.2, 0.25) is 5.91 Å². The molecule has 136 valence electrons. The van der Waals surface area contributed by atoms with Crippen molar-refractivity contribution in [2.24, 2.45) is 0 Å². The molecule has 1 atom stereocenters. The van der Waals surface area contributed by atoms with Gasteiger partial charge in [-0.25, -0.2) is 4.79 Å². The summed E-state index contributed by atoms with van der Waals surface area (Å²) in [6, 6.07) is 7.25. The molecular formula is C17H21BrN2O5. The van der Waals surface area contributed by atoms with Gasteiger partial charge in [0.25, 0.3) is 5.91 Å². The number of amides is 2. The number of rotatable bonds is 8. The maximum Gasteiger partial charge on any atom is 0.347 e. The van der Waals surface area contributed by atoms with Gasteiger partial charge < -0.3 is 19.7 Å². The minimum atomic E-state index is -0.850. The van der Waals surface area contributed by atoms with E-state index < -0.39 is 24.6 Å². The number of halogens is 1. The maximum atomic E-state index is 11.9. The summed E-state index contributed by atoms with van der Waals surface area (Å²) in [5, 5.41) is 2.79. The molecule has 1 saturated carbocycles. The van der Waals surface area contributed by atoms with E-state index in [-0.39, 0.29) is 18.5 Å². The first-order valence-corrected chi connectivity index (χ1v) is 8.76. The van der Waals surface area contributed by atoms with Gasteiger partial charge in [0.15, 0.2) is 12.7 Å². The Morgan fingerprint density at radius 3 is 2.52 bits per heavy atom. The van der Waals surface area contributed by atoms with Crippen LogP contribution in [-0.4, -0.2) is 55.0 Å². The molecule has 1 N–H and O–H groups in total. The molecular weight excluding hydrogens is 392 g/mol. The molecule has 1 aromatic rings. The number of carbonyl (C=O) groups is 3. The lowest BCUT2D eigenvalue weighted by Crippen LogP contribution is -2.41. The van der Waals surface area contributed by atoms with Gasteiger partial charge in [0.1, 0.15) is 5.75 Å². The lowest BCUT2D eigenvalue weighted by Gasteiger charge is -2.18. The van der Waals surface area contributed by atoms with Crippen LogP contribution in [0.3, 0.4) is 0 Å². The molecule has 7 nitrogen and oxygen atoms in total. The predicted octanol–water partition coefficient (Wildman–Crippen LogP) is 1.50. The fourth-order valence-electron chi connectivity index (χ4n) is 1.93. The van der Waals surface area contributed by atoms with E-state index in [1.165, 1.54) is 11.9 Å². The van der Waals surface area contributed by atoms with Crippen LogP contribution < -0.4 is 10.1 Å². The Balaban J connectivity index is 1.70. The van der Waals surface area contributed by atoms with Crippen LogP contribution >= 0.6 is 15.9 Å². The van der Waals surface area contributed by atoms with Crippen LogP contribution in [0.1, 0.15) is 19.8 Å². The third-order valence-corrected chi connectivity index (χ3v) is 4.07. The Morgan fingerprint density at radius 2 is 1.92 bits per heavy atom. The number of benzene rings is 1. The normalized spacial score (nSPS) is 14.4. The van der Waals surface area contributed by atoms with Crippen molar-refractivity contribution in [1.82, 2.24) is 10.2 Å². The topological polar surface area (TPSA) is 84.9 Å². The molecule has 0 aliphatic heterocycles. The molecule has 0 aromatic heterocycles. The minimum absolute atomic E-state index is 0.0577. The number of nitrogens with one attached hydrogen (secondary N) is 1. The van der Waals surface area contributed by atoms with Crippen molar-refractivity contribution in [3.05, 3.63) is 28.7 Å². The van der Waals surface area contributed by atoms with Crippen LogP contribution in [-0.2, 0) is 19.1 Å². The van der Waals surface area contributed by atoms with Gasteiger partial charge >= 0.3 is 5.97 Å². The number of hydrogen-bond acceptors (Lipinski definition) is 5. The second-order valence-corrected chi connectivity index (χ2v) is 6.83. The van der Waals surface area contributed by atoms with Crippen LogP contribution in [0.15, 0.2) is 28.7 Å². The Hall–Kier alpha value is -2.09. The standard InChI is InChI=1S/C17H21BrN2O5/c1-11(25-14-7-3-12(18)4-8-14)17(23)24-10-16(22)20(2)9-15(21)19-13-5-6-13/h3-4,7-8,11,13H,5-6,9-10H2,1-2H3,(H,19,21)/t11-/m1/s1. The van der Waals surface area contributed by atoms with E-state index in [1.807, 2.05) is 0 Å². The average Bonchev–Trinajstić information content (AvgIpc) is 3.37. The van der Waals surface area contributed by atoms with Gasteiger partial charge in [-0.2, -0.15) is 0 Å². The molecule has 1 aromatic carbocycles. The van der Waals surface area contributed by atoms with E-state index in [0.29, 0.717) is 5.75 Å². The molecule has 0 bridgehead atoms. The Bertz CT molecular complexity index is 630. The summed E-state index contributed by atoms with van der Waals surface area (Å²) in [6.45, 7) is 1.06. The highest BCUT2D eigenvalue weighted by atomic mass is 79.9. The first kappa shape index (κ1) is 19.2. The van der Waals surface area contributed by atoms with Crippen LogP contribution in [0.2, 0.25) is 0 Å². The average molecular weight is 413 g/mol. The Labute approximate surface area is 154 Å². The van der Waals surface area contributed by atoms with Crippen molar-refractivity contribution in [2.45, 2.75) is 31.9 Å². The molecule has 1 aliphatic carbocycles.